The van der Waals surface area contributed by atoms with Crippen molar-refractivity contribution in [1.29, 1.82) is 0 Å². The van der Waals surface area contributed by atoms with Gasteiger partial charge in [0.05, 0.1) is 17.5 Å². The summed E-state index contributed by atoms with van der Waals surface area (Å²) < 4.78 is 6.43. The van der Waals surface area contributed by atoms with E-state index in [1.54, 1.807) is 27.0 Å². The van der Waals surface area contributed by atoms with Crippen LogP contribution in [0.2, 0.25) is 5.02 Å². The Balaban J connectivity index is 0.000000523. The number of Topliss-reactive ketones (excluding diaryl/α,β-unsaturated/α-hetero) is 1. The van der Waals surface area contributed by atoms with Crippen molar-refractivity contribution in [2.45, 2.75) is 70.9 Å². The molecule has 0 unspecified atom stereocenters. The molecule has 0 bridgehead atoms. The van der Waals surface area contributed by atoms with E-state index in [9.17, 15) is 9.59 Å². The molecule has 0 radical (unpaired) electrons. The molecule has 164 valence electrons. The molecule has 3 rings (SSSR count). The number of hydrogen-bond donors (Lipinski definition) is 0. The standard InChI is InChI=1S/C19H21ClN2O.C5H9O2.Li/c1-14-21-13-18(22(14)16-9-3-4-10-16)19(23)12-6-8-15-7-2-5-11-17(15)20;1-5(2,3)7-4-6;/h2,5,7,9,11,13,16H,1,3-4,6,8,10,12H2;1-3H3;/q-2;-1;+1/t16-;;/m0../s1. The van der Waals surface area contributed by atoms with Gasteiger partial charge in [0, 0.05) is 11.4 Å². The van der Waals surface area contributed by atoms with E-state index in [1.807, 2.05) is 28.8 Å². The second-order valence-corrected chi connectivity index (χ2v) is 8.74. The third-order valence-corrected chi connectivity index (χ3v) is 5.16. The third-order valence-electron chi connectivity index (χ3n) is 4.79. The van der Waals surface area contributed by atoms with Crippen LogP contribution in [0, 0.1) is 13.3 Å². The quantitative estimate of drug-likeness (QED) is 0.380. The van der Waals surface area contributed by atoms with Gasteiger partial charge in [-0.05, 0) is 51.1 Å². The van der Waals surface area contributed by atoms with Crippen LogP contribution in [0.1, 0.15) is 80.8 Å². The molecule has 1 heterocycles. The predicted molar refractivity (Wildman–Crippen MR) is 119 cm³/mol. The number of aryl methyl sites for hydroxylation is 1. The fourth-order valence-corrected chi connectivity index (χ4v) is 3.59. The minimum absolute atomic E-state index is 0. The molecule has 5 nitrogen and oxygen atoms in total. The molecule has 1 aromatic heterocycles. The summed E-state index contributed by atoms with van der Waals surface area (Å²) in [5.74, 6) is 0.822. The van der Waals surface area contributed by atoms with Crippen molar-refractivity contribution in [1.82, 2.24) is 9.55 Å². The normalized spacial score (nSPS) is 15.4. The molecule has 0 spiro atoms. The Morgan fingerprint density at radius 2 is 2.10 bits per heavy atom. The summed E-state index contributed by atoms with van der Waals surface area (Å²) in [6.45, 7) is 10.7. The molecule has 1 aromatic carbocycles. The second-order valence-electron chi connectivity index (χ2n) is 8.33. The number of carbonyl (C=O) groups excluding carboxylic acids is 2. The zero-order chi connectivity index (χ0) is 22.1. The van der Waals surface area contributed by atoms with Gasteiger partial charge in [-0.2, -0.15) is 6.42 Å². The summed E-state index contributed by atoms with van der Waals surface area (Å²) in [5, 5.41) is 0.769. The molecule has 0 aliphatic heterocycles. The van der Waals surface area contributed by atoms with Gasteiger partial charge in [-0.3, -0.25) is 9.78 Å². The molecule has 1 atom stereocenters. The summed E-state index contributed by atoms with van der Waals surface area (Å²) in [6, 6.07) is 8.07. The van der Waals surface area contributed by atoms with Crippen LogP contribution in [0.15, 0.2) is 30.5 Å². The molecule has 0 saturated heterocycles. The van der Waals surface area contributed by atoms with Crippen molar-refractivity contribution < 1.29 is 33.2 Å². The van der Waals surface area contributed by atoms with Crippen molar-refractivity contribution in [2.24, 2.45) is 0 Å². The third kappa shape index (κ3) is 8.77. The van der Waals surface area contributed by atoms with Gasteiger partial charge in [0.25, 0.3) is 0 Å². The Kier molecular flexibility index (Phi) is 11.5. The van der Waals surface area contributed by atoms with Crippen LogP contribution in [-0.2, 0) is 16.0 Å². The van der Waals surface area contributed by atoms with Gasteiger partial charge < -0.3 is 27.4 Å². The number of nitrogens with zero attached hydrogens (tertiary/aromatic N) is 2. The van der Waals surface area contributed by atoms with Gasteiger partial charge >= 0.3 is 18.9 Å². The maximum atomic E-state index is 12.6. The molecule has 1 aliphatic carbocycles. The first-order valence-electron chi connectivity index (χ1n) is 10.3. The van der Waals surface area contributed by atoms with Gasteiger partial charge in [0.15, 0.2) is 5.78 Å². The van der Waals surface area contributed by atoms with E-state index in [-0.39, 0.29) is 36.3 Å². The molecule has 0 N–H and O–H groups in total. The van der Waals surface area contributed by atoms with Crippen molar-refractivity contribution in [2.75, 3.05) is 0 Å². The van der Waals surface area contributed by atoms with E-state index >= 15 is 0 Å². The zero-order valence-electron chi connectivity index (χ0n) is 19.0. The van der Waals surface area contributed by atoms with Crippen molar-refractivity contribution in [3.05, 3.63) is 65.9 Å². The van der Waals surface area contributed by atoms with Gasteiger partial charge in [0.1, 0.15) is 0 Å². The molecule has 1 fully saturated rings. The van der Waals surface area contributed by atoms with Crippen LogP contribution in [0.5, 0.6) is 0 Å². The van der Waals surface area contributed by atoms with Crippen molar-refractivity contribution >= 4 is 23.9 Å². The van der Waals surface area contributed by atoms with Crippen LogP contribution < -0.4 is 18.9 Å². The minimum Gasteiger partial charge on any atom is -0.649 e. The summed E-state index contributed by atoms with van der Waals surface area (Å²) in [4.78, 5) is 26.3. The van der Waals surface area contributed by atoms with Crippen LogP contribution in [0.3, 0.4) is 0 Å². The molecule has 1 saturated carbocycles. The monoisotopic (exact) mass is 436 g/mol. The Morgan fingerprint density at radius 1 is 1.39 bits per heavy atom. The van der Waals surface area contributed by atoms with E-state index in [4.69, 9.17) is 11.6 Å². The molecule has 7 heteroatoms. The van der Waals surface area contributed by atoms with Crippen LogP contribution in [0.25, 0.3) is 0 Å². The van der Waals surface area contributed by atoms with Gasteiger partial charge in [-0.1, -0.05) is 55.2 Å². The van der Waals surface area contributed by atoms with Crippen LogP contribution in [0.4, 0.5) is 0 Å². The van der Waals surface area contributed by atoms with E-state index in [0.29, 0.717) is 17.9 Å². The number of rotatable bonds is 7. The van der Waals surface area contributed by atoms with E-state index in [2.05, 4.69) is 23.1 Å². The van der Waals surface area contributed by atoms with E-state index in [1.165, 1.54) is 12.9 Å². The fraction of sp³-hybridized carbons (Fsp3) is 0.458. The maximum Gasteiger partial charge on any atom is 1.00 e. The van der Waals surface area contributed by atoms with Crippen molar-refractivity contribution in [3.63, 3.8) is 0 Å². The Hall–Kier alpha value is -1.67. The molecule has 31 heavy (non-hydrogen) atoms. The minimum atomic E-state index is -0.373. The molecule has 2 aromatic rings. The SMILES string of the molecule is CC(C)(C)O[C-]=O.[CH2-]c1ncc(C(=O)CCCc2ccccc2Cl)n1[C@H]1[CH-]CCC1.[Li+]. The first-order valence-corrected chi connectivity index (χ1v) is 10.6. The summed E-state index contributed by atoms with van der Waals surface area (Å²) >= 11 is 6.16. The Labute approximate surface area is 203 Å². The first kappa shape index (κ1) is 27.4. The molecule has 0 amide bonds. The number of carbonyl (C=O) groups is 1. The van der Waals surface area contributed by atoms with E-state index < -0.39 is 0 Å². The first-order chi connectivity index (χ1) is 14.2. The van der Waals surface area contributed by atoms with Crippen LogP contribution >= 0.6 is 11.6 Å². The number of benzene rings is 1. The topological polar surface area (TPSA) is 61.2 Å². The average Bonchev–Trinajstić information content (AvgIpc) is 3.32. The number of imidazole rings is 1. The predicted octanol–water partition coefficient (Wildman–Crippen LogP) is 2.73. The largest absolute Gasteiger partial charge is 1.00 e. The summed E-state index contributed by atoms with van der Waals surface area (Å²) in [5.41, 5.74) is 1.41. The maximum absolute atomic E-state index is 12.6. The number of halogens is 1. The molecular weight excluding hydrogens is 407 g/mol. The smallest absolute Gasteiger partial charge is 0.649 e. The summed E-state index contributed by atoms with van der Waals surface area (Å²) in [7, 11) is 0. The zero-order valence-corrected chi connectivity index (χ0v) is 19.7. The Morgan fingerprint density at radius 3 is 2.65 bits per heavy atom. The number of ketones is 1. The number of aromatic nitrogens is 2. The second kappa shape index (κ2) is 13.0. The molecule has 1 aliphatic rings. The van der Waals surface area contributed by atoms with Crippen LogP contribution in [-0.4, -0.2) is 27.4 Å². The van der Waals surface area contributed by atoms with Crippen molar-refractivity contribution in [3.8, 4) is 0 Å². The van der Waals surface area contributed by atoms with Gasteiger partial charge in [0.2, 0.25) is 0 Å². The van der Waals surface area contributed by atoms with E-state index in [0.717, 1.165) is 36.3 Å². The number of hydrogen-bond acceptors (Lipinski definition) is 4. The molecular formula is C24H30ClLiN2O3-2. The summed E-state index contributed by atoms with van der Waals surface area (Å²) in [6.07, 6.45) is 9.37. The number of ether oxygens (including phenoxy) is 1. The van der Waals surface area contributed by atoms with Gasteiger partial charge in [-0.25, -0.2) is 0 Å². The Bertz CT molecular complexity index is 840. The van der Waals surface area contributed by atoms with Gasteiger partial charge in [-0.15, -0.1) is 0 Å². The average molecular weight is 437 g/mol. The fourth-order valence-electron chi connectivity index (χ4n) is 3.36.